The Kier molecular flexibility index (Phi) is 4.42. The van der Waals surface area contributed by atoms with E-state index in [0.717, 1.165) is 5.92 Å². The number of thiophene rings is 1. The molecule has 1 aliphatic rings. The van der Waals surface area contributed by atoms with Crippen LogP contribution in [-0.2, 0) is 0 Å². The molecule has 1 saturated carbocycles. The van der Waals surface area contributed by atoms with Crippen LogP contribution in [0.15, 0.2) is 11.4 Å². The Labute approximate surface area is 103 Å². The summed E-state index contributed by atoms with van der Waals surface area (Å²) in [5, 5.41) is 2.22. The smallest absolute Gasteiger partial charge is 0.0303 e. The standard InChI is InChI=1S/C14H23NS/c1-11-9-13(10-16-11)14(15)8-7-12-5-3-2-4-6-12/h9-10,12,14H,2-8,15H2,1H3. The highest BCUT2D eigenvalue weighted by atomic mass is 32.1. The van der Waals surface area contributed by atoms with E-state index in [0.29, 0.717) is 0 Å². The van der Waals surface area contributed by atoms with Crippen LogP contribution in [0.4, 0.5) is 0 Å². The second-order valence-electron chi connectivity index (χ2n) is 5.18. The van der Waals surface area contributed by atoms with Gasteiger partial charge in [0, 0.05) is 10.9 Å². The topological polar surface area (TPSA) is 26.0 Å². The maximum atomic E-state index is 6.23. The zero-order valence-corrected chi connectivity index (χ0v) is 11.1. The van der Waals surface area contributed by atoms with Crippen molar-refractivity contribution in [3.63, 3.8) is 0 Å². The van der Waals surface area contributed by atoms with Gasteiger partial charge in [0.15, 0.2) is 0 Å². The van der Waals surface area contributed by atoms with Crippen LogP contribution in [0.25, 0.3) is 0 Å². The minimum atomic E-state index is 0.270. The van der Waals surface area contributed by atoms with E-state index in [-0.39, 0.29) is 6.04 Å². The highest BCUT2D eigenvalue weighted by Gasteiger charge is 2.15. The molecule has 2 rings (SSSR count). The van der Waals surface area contributed by atoms with Crippen LogP contribution in [0.1, 0.15) is 61.4 Å². The van der Waals surface area contributed by atoms with Gasteiger partial charge >= 0.3 is 0 Å². The fourth-order valence-corrected chi connectivity index (χ4v) is 3.48. The summed E-state index contributed by atoms with van der Waals surface area (Å²) in [6.07, 6.45) is 9.71. The second-order valence-corrected chi connectivity index (χ2v) is 6.29. The van der Waals surface area contributed by atoms with E-state index >= 15 is 0 Å². The van der Waals surface area contributed by atoms with Crippen molar-refractivity contribution in [1.29, 1.82) is 0 Å². The third-order valence-corrected chi connectivity index (χ3v) is 4.67. The van der Waals surface area contributed by atoms with Gasteiger partial charge in [-0.05, 0) is 42.7 Å². The average molecular weight is 237 g/mol. The molecule has 16 heavy (non-hydrogen) atoms. The fraction of sp³-hybridized carbons (Fsp3) is 0.714. The average Bonchev–Trinajstić information content (AvgIpc) is 2.74. The number of aryl methyl sites for hydroxylation is 1. The highest BCUT2D eigenvalue weighted by Crippen LogP contribution is 2.30. The molecule has 0 aromatic carbocycles. The van der Waals surface area contributed by atoms with Crippen molar-refractivity contribution in [3.05, 3.63) is 21.9 Å². The maximum Gasteiger partial charge on any atom is 0.0303 e. The van der Waals surface area contributed by atoms with Crippen molar-refractivity contribution in [3.8, 4) is 0 Å². The molecule has 1 fully saturated rings. The van der Waals surface area contributed by atoms with Crippen LogP contribution in [0.3, 0.4) is 0 Å². The summed E-state index contributed by atoms with van der Waals surface area (Å²) in [6, 6.07) is 2.52. The first kappa shape index (κ1) is 12.1. The second kappa shape index (κ2) is 5.83. The van der Waals surface area contributed by atoms with Crippen molar-refractivity contribution in [2.45, 2.75) is 57.9 Å². The predicted octanol–water partition coefficient (Wildman–Crippen LogP) is 4.42. The maximum absolute atomic E-state index is 6.23. The Balaban J connectivity index is 1.76. The van der Waals surface area contributed by atoms with Gasteiger partial charge in [-0.25, -0.2) is 0 Å². The summed E-state index contributed by atoms with van der Waals surface area (Å²) in [5.41, 5.74) is 7.58. The van der Waals surface area contributed by atoms with Crippen molar-refractivity contribution in [2.75, 3.05) is 0 Å². The van der Waals surface area contributed by atoms with Crippen molar-refractivity contribution in [1.82, 2.24) is 0 Å². The lowest BCUT2D eigenvalue weighted by Crippen LogP contribution is -2.13. The van der Waals surface area contributed by atoms with E-state index in [4.69, 9.17) is 5.73 Å². The monoisotopic (exact) mass is 237 g/mol. The molecule has 1 unspecified atom stereocenters. The molecule has 1 aliphatic carbocycles. The number of nitrogens with two attached hydrogens (primary N) is 1. The Morgan fingerprint density at radius 2 is 2.12 bits per heavy atom. The zero-order chi connectivity index (χ0) is 11.4. The molecule has 0 bridgehead atoms. The van der Waals surface area contributed by atoms with Crippen LogP contribution < -0.4 is 5.73 Å². The third-order valence-electron chi connectivity index (χ3n) is 3.79. The largest absolute Gasteiger partial charge is 0.324 e. The summed E-state index contributed by atoms with van der Waals surface area (Å²) in [4.78, 5) is 1.38. The Hall–Kier alpha value is -0.340. The SMILES string of the molecule is Cc1cc(C(N)CCC2CCCCC2)cs1. The molecule has 90 valence electrons. The summed E-state index contributed by atoms with van der Waals surface area (Å²) >= 11 is 1.81. The molecule has 1 aromatic heterocycles. The van der Waals surface area contributed by atoms with Gasteiger partial charge in [-0.2, -0.15) is 0 Å². The highest BCUT2D eigenvalue weighted by molar-refractivity contribution is 7.10. The summed E-state index contributed by atoms with van der Waals surface area (Å²) in [5.74, 6) is 0.958. The number of rotatable bonds is 4. The van der Waals surface area contributed by atoms with Gasteiger partial charge in [-0.3, -0.25) is 0 Å². The minimum Gasteiger partial charge on any atom is -0.324 e. The molecular formula is C14H23NS. The van der Waals surface area contributed by atoms with E-state index in [1.807, 2.05) is 11.3 Å². The van der Waals surface area contributed by atoms with Gasteiger partial charge < -0.3 is 5.73 Å². The third kappa shape index (κ3) is 3.33. The van der Waals surface area contributed by atoms with Crippen LogP contribution in [0, 0.1) is 12.8 Å². The molecule has 0 saturated heterocycles. The zero-order valence-electron chi connectivity index (χ0n) is 10.2. The van der Waals surface area contributed by atoms with E-state index in [1.54, 1.807) is 0 Å². The van der Waals surface area contributed by atoms with Gasteiger partial charge in [0.1, 0.15) is 0 Å². The number of hydrogen-bond acceptors (Lipinski definition) is 2. The van der Waals surface area contributed by atoms with Gasteiger partial charge in [-0.15, -0.1) is 11.3 Å². The predicted molar refractivity (Wildman–Crippen MR) is 71.8 cm³/mol. The van der Waals surface area contributed by atoms with Crippen LogP contribution in [-0.4, -0.2) is 0 Å². The van der Waals surface area contributed by atoms with E-state index in [2.05, 4.69) is 18.4 Å². The minimum absolute atomic E-state index is 0.270. The molecule has 1 heterocycles. The van der Waals surface area contributed by atoms with Crippen molar-refractivity contribution < 1.29 is 0 Å². The van der Waals surface area contributed by atoms with Gasteiger partial charge in [0.25, 0.3) is 0 Å². The molecule has 0 aliphatic heterocycles. The quantitative estimate of drug-likeness (QED) is 0.824. The van der Waals surface area contributed by atoms with Crippen molar-refractivity contribution in [2.24, 2.45) is 11.7 Å². The summed E-state index contributed by atoms with van der Waals surface area (Å²) in [6.45, 7) is 2.15. The Morgan fingerprint density at radius 3 is 2.75 bits per heavy atom. The van der Waals surface area contributed by atoms with Crippen LogP contribution >= 0.6 is 11.3 Å². The summed E-state index contributed by atoms with van der Waals surface area (Å²) < 4.78 is 0. The van der Waals surface area contributed by atoms with E-state index in [9.17, 15) is 0 Å². The lowest BCUT2D eigenvalue weighted by Gasteiger charge is -2.22. The molecule has 0 spiro atoms. The molecule has 1 atom stereocenters. The molecule has 2 heteroatoms. The molecule has 0 amide bonds. The van der Waals surface area contributed by atoms with Crippen molar-refractivity contribution >= 4 is 11.3 Å². The lowest BCUT2D eigenvalue weighted by molar-refractivity contribution is 0.324. The molecule has 0 radical (unpaired) electrons. The normalized spacial score (nSPS) is 19.9. The van der Waals surface area contributed by atoms with Gasteiger partial charge in [0.2, 0.25) is 0 Å². The summed E-state index contributed by atoms with van der Waals surface area (Å²) in [7, 11) is 0. The van der Waals surface area contributed by atoms with Gasteiger partial charge in [-0.1, -0.05) is 32.1 Å². The molecular weight excluding hydrogens is 214 g/mol. The molecule has 1 nitrogen and oxygen atoms in total. The molecule has 2 N–H and O–H groups in total. The van der Waals surface area contributed by atoms with Crippen LogP contribution in [0.5, 0.6) is 0 Å². The van der Waals surface area contributed by atoms with Crippen LogP contribution in [0.2, 0.25) is 0 Å². The first-order chi connectivity index (χ1) is 7.75. The van der Waals surface area contributed by atoms with E-state index in [1.165, 1.54) is 55.4 Å². The fourth-order valence-electron chi connectivity index (χ4n) is 2.72. The first-order valence-corrected chi connectivity index (χ1v) is 7.44. The van der Waals surface area contributed by atoms with E-state index < -0.39 is 0 Å². The lowest BCUT2D eigenvalue weighted by atomic mass is 9.85. The Morgan fingerprint density at radius 1 is 1.38 bits per heavy atom. The molecule has 1 aromatic rings. The van der Waals surface area contributed by atoms with Gasteiger partial charge in [0.05, 0.1) is 0 Å². The Bertz CT molecular complexity index is 312. The number of hydrogen-bond donors (Lipinski definition) is 1. The first-order valence-electron chi connectivity index (χ1n) is 6.56.